The molecule has 0 aliphatic heterocycles. The molecule has 0 aliphatic carbocycles. The molecule has 2 rings (SSSR count). The lowest BCUT2D eigenvalue weighted by atomic mass is 10.0. The van der Waals surface area contributed by atoms with E-state index in [4.69, 9.17) is 4.74 Å². The summed E-state index contributed by atoms with van der Waals surface area (Å²) in [6.07, 6.45) is 1.84. The van der Waals surface area contributed by atoms with Crippen molar-refractivity contribution >= 4 is 0 Å². The van der Waals surface area contributed by atoms with Gasteiger partial charge in [-0.15, -0.1) is 0 Å². The Morgan fingerprint density at radius 2 is 2.00 bits per heavy atom. The summed E-state index contributed by atoms with van der Waals surface area (Å²) in [4.78, 5) is 4.23. The maximum absolute atomic E-state index is 5.06. The SMILES string of the molecule is CNCc1ccccc1-c1ccc(OC)nc1. The van der Waals surface area contributed by atoms with Crippen molar-refractivity contribution < 1.29 is 4.74 Å². The average Bonchev–Trinajstić information content (AvgIpc) is 2.40. The van der Waals surface area contributed by atoms with Crippen LogP contribution in [0.1, 0.15) is 5.56 Å². The lowest BCUT2D eigenvalue weighted by Crippen LogP contribution is -2.06. The van der Waals surface area contributed by atoms with Gasteiger partial charge in [-0.1, -0.05) is 24.3 Å². The van der Waals surface area contributed by atoms with Crippen LogP contribution in [-0.2, 0) is 6.54 Å². The van der Waals surface area contributed by atoms with Crippen LogP contribution in [0.15, 0.2) is 42.6 Å². The van der Waals surface area contributed by atoms with Gasteiger partial charge >= 0.3 is 0 Å². The highest BCUT2D eigenvalue weighted by atomic mass is 16.5. The largest absolute Gasteiger partial charge is 0.481 e. The number of methoxy groups -OCH3 is 1. The number of benzene rings is 1. The van der Waals surface area contributed by atoms with Gasteiger partial charge in [-0.05, 0) is 24.2 Å². The zero-order chi connectivity index (χ0) is 12.1. The van der Waals surface area contributed by atoms with Crippen molar-refractivity contribution in [2.45, 2.75) is 6.54 Å². The number of rotatable bonds is 4. The number of aromatic nitrogens is 1. The minimum atomic E-state index is 0.639. The summed E-state index contributed by atoms with van der Waals surface area (Å²) < 4.78 is 5.06. The second-order valence-corrected chi connectivity index (χ2v) is 3.78. The van der Waals surface area contributed by atoms with E-state index in [0.29, 0.717) is 5.88 Å². The Morgan fingerprint density at radius 1 is 1.18 bits per heavy atom. The molecule has 1 heterocycles. The van der Waals surface area contributed by atoms with E-state index < -0.39 is 0 Å². The van der Waals surface area contributed by atoms with Crippen molar-refractivity contribution in [2.24, 2.45) is 0 Å². The van der Waals surface area contributed by atoms with Crippen molar-refractivity contribution in [3.05, 3.63) is 48.2 Å². The number of nitrogens with zero attached hydrogens (tertiary/aromatic N) is 1. The van der Waals surface area contributed by atoms with E-state index in [1.165, 1.54) is 11.1 Å². The van der Waals surface area contributed by atoms with Gasteiger partial charge in [0.05, 0.1) is 7.11 Å². The third-order valence-corrected chi connectivity index (χ3v) is 2.64. The summed E-state index contributed by atoms with van der Waals surface area (Å²) in [5.74, 6) is 0.639. The monoisotopic (exact) mass is 228 g/mol. The normalized spacial score (nSPS) is 10.2. The van der Waals surface area contributed by atoms with E-state index in [2.05, 4.69) is 22.4 Å². The summed E-state index contributed by atoms with van der Waals surface area (Å²) in [6, 6.07) is 12.2. The third kappa shape index (κ3) is 2.63. The summed E-state index contributed by atoms with van der Waals surface area (Å²) in [7, 11) is 3.57. The van der Waals surface area contributed by atoms with Gasteiger partial charge in [-0.25, -0.2) is 4.98 Å². The Morgan fingerprint density at radius 3 is 2.65 bits per heavy atom. The van der Waals surface area contributed by atoms with E-state index in [9.17, 15) is 0 Å². The van der Waals surface area contributed by atoms with E-state index in [1.807, 2.05) is 37.5 Å². The van der Waals surface area contributed by atoms with Crippen molar-refractivity contribution in [2.75, 3.05) is 14.2 Å². The first kappa shape index (κ1) is 11.6. The smallest absolute Gasteiger partial charge is 0.212 e. The van der Waals surface area contributed by atoms with Crippen molar-refractivity contribution in [3.63, 3.8) is 0 Å². The minimum Gasteiger partial charge on any atom is -0.481 e. The zero-order valence-electron chi connectivity index (χ0n) is 10.1. The topological polar surface area (TPSA) is 34.1 Å². The van der Waals surface area contributed by atoms with Crippen LogP contribution in [0, 0.1) is 0 Å². The first-order valence-corrected chi connectivity index (χ1v) is 5.58. The predicted octanol–water partition coefficient (Wildman–Crippen LogP) is 2.48. The lowest BCUT2D eigenvalue weighted by Gasteiger charge is -2.09. The van der Waals surface area contributed by atoms with E-state index in [-0.39, 0.29) is 0 Å². The molecule has 1 aromatic carbocycles. The Kier molecular flexibility index (Phi) is 3.73. The number of hydrogen-bond acceptors (Lipinski definition) is 3. The molecule has 17 heavy (non-hydrogen) atoms. The molecule has 0 spiro atoms. The quantitative estimate of drug-likeness (QED) is 0.873. The van der Waals surface area contributed by atoms with E-state index >= 15 is 0 Å². The van der Waals surface area contributed by atoms with Crippen LogP contribution < -0.4 is 10.1 Å². The van der Waals surface area contributed by atoms with Crippen LogP contribution in [0.3, 0.4) is 0 Å². The van der Waals surface area contributed by atoms with Gasteiger partial charge in [0.15, 0.2) is 0 Å². The van der Waals surface area contributed by atoms with Gasteiger partial charge in [0.25, 0.3) is 0 Å². The minimum absolute atomic E-state index is 0.639. The maximum atomic E-state index is 5.06. The fourth-order valence-corrected chi connectivity index (χ4v) is 1.81. The molecule has 0 unspecified atom stereocenters. The highest BCUT2D eigenvalue weighted by molar-refractivity contribution is 5.66. The van der Waals surface area contributed by atoms with Crippen LogP contribution in [0.4, 0.5) is 0 Å². The van der Waals surface area contributed by atoms with Crippen LogP contribution >= 0.6 is 0 Å². The molecule has 2 aromatic rings. The Bertz CT molecular complexity index is 480. The fourth-order valence-electron chi connectivity index (χ4n) is 1.81. The molecule has 1 N–H and O–H groups in total. The molecule has 0 bridgehead atoms. The fraction of sp³-hybridized carbons (Fsp3) is 0.214. The Balaban J connectivity index is 2.37. The van der Waals surface area contributed by atoms with Gasteiger partial charge < -0.3 is 10.1 Å². The molecule has 0 saturated carbocycles. The highest BCUT2D eigenvalue weighted by Crippen LogP contribution is 2.24. The number of pyridine rings is 1. The zero-order valence-corrected chi connectivity index (χ0v) is 10.1. The van der Waals surface area contributed by atoms with Crippen molar-refractivity contribution in [1.29, 1.82) is 0 Å². The van der Waals surface area contributed by atoms with Gasteiger partial charge in [0, 0.05) is 24.4 Å². The summed E-state index contributed by atoms with van der Waals surface area (Å²) in [5.41, 5.74) is 3.58. The van der Waals surface area contributed by atoms with Gasteiger partial charge in [0.1, 0.15) is 0 Å². The molecule has 0 fully saturated rings. The first-order valence-electron chi connectivity index (χ1n) is 5.58. The molecule has 0 amide bonds. The predicted molar refractivity (Wildman–Crippen MR) is 69.0 cm³/mol. The Labute approximate surface area is 101 Å². The molecule has 0 saturated heterocycles. The summed E-state index contributed by atoms with van der Waals surface area (Å²) in [5, 5.41) is 3.17. The van der Waals surface area contributed by atoms with Crippen molar-refractivity contribution in [1.82, 2.24) is 10.3 Å². The van der Waals surface area contributed by atoms with Crippen LogP contribution in [0.5, 0.6) is 5.88 Å². The number of ether oxygens (including phenoxy) is 1. The highest BCUT2D eigenvalue weighted by Gasteiger charge is 2.04. The molecule has 0 atom stereocenters. The second kappa shape index (κ2) is 5.46. The van der Waals surface area contributed by atoms with E-state index in [0.717, 1.165) is 12.1 Å². The third-order valence-electron chi connectivity index (χ3n) is 2.64. The van der Waals surface area contributed by atoms with Crippen molar-refractivity contribution in [3.8, 4) is 17.0 Å². The van der Waals surface area contributed by atoms with E-state index in [1.54, 1.807) is 7.11 Å². The second-order valence-electron chi connectivity index (χ2n) is 3.78. The first-order chi connectivity index (χ1) is 8.35. The molecular formula is C14H16N2O. The number of hydrogen-bond donors (Lipinski definition) is 1. The molecule has 0 aliphatic rings. The lowest BCUT2D eigenvalue weighted by molar-refractivity contribution is 0.398. The van der Waals surface area contributed by atoms with Crippen LogP contribution in [-0.4, -0.2) is 19.1 Å². The van der Waals surface area contributed by atoms with Crippen LogP contribution in [0.2, 0.25) is 0 Å². The summed E-state index contributed by atoms with van der Waals surface area (Å²) >= 11 is 0. The molecule has 88 valence electrons. The molecule has 3 nitrogen and oxygen atoms in total. The molecule has 1 aromatic heterocycles. The standard InChI is InChI=1S/C14H16N2O/c1-15-9-11-5-3-4-6-13(11)12-7-8-14(17-2)16-10-12/h3-8,10,15H,9H2,1-2H3. The molecular weight excluding hydrogens is 212 g/mol. The molecule has 0 radical (unpaired) electrons. The van der Waals surface area contributed by atoms with Gasteiger partial charge in [-0.3, -0.25) is 0 Å². The summed E-state index contributed by atoms with van der Waals surface area (Å²) in [6.45, 7) is 0.849. The van der Waals surface area contributed by atoms with Gasteiger partial charge in [0.2, 0.25) is 5.88 Å². The van der Waals surface area contributed by atoms with Crippen LogP contribution in [0.25, 0.3) is 11.1 Å². The average molecular weight is 228 g/mol. The number of nitrogens with one attached hydrogen (secondary N) is 1. The Hall–Kier alpha value is -1.87. The molecule has 3 heteroatoms. The maximum Gasteiger partial charge on any atom is 0.212 e. The van der Waals surface area contributed by atoms with Gasteiger partial charge in [-0.2, -0.15) is 0 Å².